The number of benzene rings is 4. The number of hydrogen-bond donors (Lipinski definition) is 1. The summed E-state index contributed by atoms with van der Waals surface area (Å²) in [5.74, 6) is -0.0449. The number of amides is 2. The summed E-state index contributed by atoms with van der Waals surface area (Å²) in [5.41, 5.74) is 1.40. The Hall–Kier alpha value is -4.45. The highest BCUT2D eigenvalue weighted by Gasteiger charge is 2.35. The van der Waals surface area contributed by atoms with Crippen molar-refractivity contribution in [3.63, 3.8) is 0 Å². The van der Waals surface area contributed by atoms with E-state index in [9.17, 15) is 18.0 Å². The number of nitrogens with one attached hydrogen (secondary N) is 1. The van der Waals surface area contributed by atoms with E-state index in [1.807, 2.05) is 51.1 Å². The Morgan fingerprint density at radius 1 is 0.840 bits per heavy atom. The van der Waals surface area contributed by atoms with Crippen LogP contribution in [0.4, 0.5) is 5.69 Å². The van der Waals surface area contributed by atoms with Gasteiger partial charge in [-0.3, -0.25) is 13.9 Å². The first kappa shape index (κ1) is 38.4. The molecule has 4 rings (SSSR count). The summed E-state index contributed by atoms with van der Waals surface area (Å²) in [6.45, 7) is 5.03. The second-order valence-electron chi connectivity index (χ2n) is 11.5. The van der Waals surface area contributed by atoms with Crippen molar-refractivity contribution in [2.75, 3.05) is 31.7 Å². The molecule has 2 amide bonds. The fourth-order valence-electron chi connectivity index (χ4n) is 5.30. The fourth-order valence-corrected chi connectivity index (χ4v) is 7.24. The van der Waals surface area contributed by atoms with Crippen LogP contribution >= 0.6 is 23.2 Å². The standard InChI is InChI=1S/C37H41Cl2N3O7S/c1-6-49-28-17-15-27(16-18-28)42(50(45,46)29-19-20-34(47-4)35(22-29)48-5)24-36(43)41(23-30-31(38)13-10-14-32(30)39)33(37(44)40-25(2)3)21-26-11-8-7-9-12-26/h7-20,22,25,33H,6,21,23-24H2,1-5H3,(H,40,44)/t33-/m0/s1. The van der Waals surface area contributed by atoms with Crippen LogP contribution in [0.15, 0.2) is 95.9 Å². The highest BCUT2D eigenvalue weighted by atomic mass is 35.5. The van der Waals surface area contributed by atoms with Gasteiger partial charge in [0.15, 0.2) is 11.5 Å². The molecule has 0 saturated carbocycles. The molecular weight excluding hydrogens is 701 g/mol. The van der Waals surface area contributed by atoms with E-state index in [1.165, 1.54) is 37.3 Å². The molecule has 0 aliphatic rings. The number of hydrogen-bond acceptors (Lipinski definition) is 7. The van der Waals surface area contributed by atoms with Crippen molar-refractivity contribution < 1.29 is 32.2 Å². The van der Waals surface area contributed by atoms with Crippen molar-refractivity contribution in [1.29, 1.82) is 0 Å². The average Bonchev–Trinajstić information content (AvgIpc) is 3.10. The quantitative estimate of drug-likeness (QED) is 0.135. The van der Waals surface area contributed by atoms with Gasteiger partial charge in [0.25, 0.3) is 10.0 Å². The number of nitrogens with zero attached hydrogens (tertiary/aromatic N) is 2. The van der Waals surface area contributed by atoms with Crippen molar-refractivity contribution in [3.05, 3.63) is 112 Å². The third-order valence-electron chi connectivity index (χ3n) is 7.75. The van der Waals surface area contributed by atoms with Crippen molar-refractivity contribution >= 4 is 50.7 Å². The van der Waals surface area contributed by atoms with Gasteiger partial charge < -0.3 is 24.4 Å². The van der Waals surface area contributed by atoms with Crippen molar-refractivity contribution in [2.24, 2.45) is 0 Å². The van der Waals surface area contributed by atoms with E-state index in [1.54, 1.807) is 42.5 Å². The van der Waals surface area contributed by atoms with Crippen molar-refractivity contribution in [3.8, 4) is 17.2 Å². The highest BCUT2D eigenvalue weighted by Crippen LogP contribution is 2.33. The van der Waals surface area contributed by atoms with E-state index in [-0.39, 0.29) is 35.3 Å². The van der Waals surface area contributed by atoms with Gasteiger partial charge in [-0.2, -0.15) is 0 Å². The molecule has 4 aromatic rings. The number of halogens is 2. The van der Waals surface area contributed by atoms with Gasteiger partial charge >= 0.3 is 0 Å². The lowest BCUT2D eigenvalue weighted by atomic mass is 10.0. The molecule has 50 heavy (non-hydrogen) atoms. The van der Waals surface area contributed by atoms with Gasteiger partial charge in [-0.15, -0.1) is 0 Å². The molecule has 1 atom stereocenters. The van der Waals surface area contributed by atoms with Crippen molar-refractivity contribution in [2.45, 2.75) is 50.7 Å². The maximum absolute atomic E-state index is 14.7. The minimum atomic E-state index is -4.42. The first-order valence-corrected chi connectivity index (χ1v) is 18.1. The predicted molar refractivity (Wildman–Crippen MR) is 196 cm³/mol. The van der Waals surface area contributed by atoms with Crippen LogP contribution in [0.3, 0.4) is 0 Å². The van der Waals surface area contributed by atoms with Gasteiger partial charge in [0.05, 0.1) is 31.4 Å². The number of rotatable bonds is 16. The molecule has 0 aliphatic heterocycles. The second-order valence-corrected chi connectivity index (χ2v) is 14.2. The zero-order valence-electron chi connectivity index (χ0n) is 28.6. The van der Waals surface area contributed by atoms with Crippen molar-refractivity contribution in [1.82, 2.24) is 10.2 Å². The van der Waals surface area contributed by atoms with Gasteiger partial charge in [0.2, 0.25) is 11.8 Å². The Balaban J connectivity index is 1.87. The summed E-state index contributed by atoms with van der Waals surface area (Å²) in [6.07, 6.45) is 0.138. The summed E-state index contributed by atoms with van der Waals surface area (Å²) >= 11 is 13.2. The van der Waals surface area contributed by atoms with E-state index in [4.69, 9.17) is 37.4 Å². The number of anilines is 1. The third-order valence-corrected chi connectivity index (χ3v) is 10.2. The Kier molecular flexibility index (Phi) is 13.4. The monoisotopic (exact) mass is 741 g/mol. The van der Waals surface area contributed by atoms with E-state index < -0.39 is 34.4 Å². The Morgan fingerprint density at radius 3 is 2.06 bits per heavy atom. The topological polar surface area (TPSA) is 114 Å². The number of carbonyl (C=O) groups is 2. The number of sulfonamides is 1. The smallest absolute Gasteiger partial charge is 0.264 e. The summed E-state index contributed by atoms with van der Waals surface area (Å²) < 4.78 is 46.2. The zero-order chi connectivity index (χ0) is 36.4. The van der Waals surface area contributed by atoms with E-state index in [2.05, 4.69) is 5.32 Å². The Bertz CT molecular complexity index is 1850. The molecule has 10 nitrogen and oxygen atoms in total. The summed E-state index contributed by atoms with van der Waals surface area (Å²) in [5, 5.41) is 3.51. The molecule has 0 heterocycles. The highest BCUT2D eigenvalue weighted by molar-refractivity contribution is 7.92. The van der Waals surface area contributed by atoms with Crippen LogP contribution in [-0.4, -0.2) is 64.6 Å². The van der Waals surface area contributed by atoms with Gasteiger partial charge in [0.1, 0.15) is 18.3 Å². The molecule has 0 unspecified atom stereocenters. The fraction of sp³-hybridized carbons (Fsp3) is 0.297. The molecule has 0 bridgehead atoms. The van der Waals surface area contributed by atoms with Gasteiger partial charge in [-0.1, -0.05) is 59.6 Å². The lowest BCUT2D eigenvalue weighted by molar-refractivity contribution is -0.140. The zero-order valence-corrected chi connectivity index (χ0v) is 30.9. The minimum Gasteiger partial charge on any atom is -0.494 e. The molecule has 0 saturated heterocycles. The molecular formula is C37H41Cl2N3O7S. The number of methoxy groups -OCH3 is 2. The lowest BCUT2D eigenvalue weighted by Gasteiger charge is -2.34. The molecule has 13 heteroatoms. The van der Waals surface area contributed by atoms with Crippen LogP contribution < -0.4 is 23.8 Å². The van der Waals surface area contributed by atoms with Crippen LogP contribution in [-0.2, 0) is 32.6 Å². The molecule has 0 spiro atoms. The van der Waals surface area contributed by atoms with Crippen LogP contribution in [0, 0.1) is 0 Å². The third kappa shape index (κ3) is 9.41. The first-order valence-electron chi connectivity index (χ1n) is 15.9. The molecule has 0 aliphatic carbocycles. The molecule has 0 radical (unpaired) electrons. The first-order chi connectivity index (χ1) is 23.9. The summed E-state index contributed by atoms with van der Waals surface area (Å²) in [4.78, 5) is 29.9. The molecule has 0 fully saturated rings. The molecule has 4 aromatic carbocycles. The van der Waals surface area contributed by atoms with E-state index >= 15 is 0 Å². The maximum atomic E-state index is 14.7. The van der Waals surface area contributed by atoms with E-state index in [0.29, 0.717) is 33.7 Å². The second kappa shape index (κ2) is 17.5. The SMILES string of the molecule is CCOc1ccc(N(CC(=O)N(Cc2c(Cl)cccc2Cl)[C@@H](Cc2ccccc2)C(=O)NC(C)C)S(=O)(=O)c2ccc(OC)c(OC)c2)cc1. The lowest BCUT2D eigenvalue weighted by Crippen LogP contribution is -2.54. The van der Waals surface area contributed by atoms with Crippen LogP contribution in [0.1, 0.15) is 31.9 Å². The Labute approximate surface area is 303 Å². The molecule has 1 N–H and O–H groups in total. The number of carbonyl (C=O) groups excluding carboxylic acids is 2. The van der Waals surface area contributed by atoms with E-state index in [0.717, 1.165) is 9.87 Å². The Morgan fingerprint density at radius 2 is 1.48 bits per heavy atom. The van der Waals surface area contributed by atoms with Crippen LogP contribution in [0.5, 0.6) is 17.2 Å². The van der Waals surface area contributed by atoms with Gasteiger partial charge in [-0.25, -0.2) is 8.42 Å². The largest absolute Gasteiger partial charge is 0.494 e. The summed E-state index contributed by atoms with van der Waals surface area (Å²) in [6, 6.07) is 23.4. The molecule has 0 aromatic heterocycles. The van der Waals surface area contributed by atoms with Crippen LogP contribution in [0.25, 0.3) is 0 Å². The summed E-state index contributed by atoms with van der Waals surface area (Å²) in [7, 11) is -1.58. The normalized spacial score (nSPS) is 11.8. The number of ether oxygens (including phenoxy) is 3. The average molecular weight is 743 g/mol. The van der Waals surface area contributed by atoms with Gasteiger partial charge in [-0.05, 0) is 74.9 Å². The van der Waals surface area contributed by atoms with Gasteiger partial charge in [0, 0.05) is 40.7 Å². The molecule has 266 valence electrons. The maximum Gasteiger partial charge on any atom is 0.264 e. The minimum absolute atomic E-state index is 0.138. The predicted octanol–water partition coefficient (Wildman–Crippen LogP) is 6.77. The van der Waals surface area contributed by atoms with Crippen LogP contribution in [0.2, 0.25) is 10.0 Å².